The Bertz CT molecular complexity index is 588. The van der Waals surface area contributed by atoms with Gasteiger partial charge < -0.3 is 5.11 Å². The van der Waals surface area contributed by atoms with Crippen LogP contribution in [0.4, 0.5) is 0 Å². The van der Waals surface area contributed by atoms with Crippen molar-refractivity contribution in [1.82, 2.24) is 4.72 Å². The van der Waals surface area contributed by atoms with E-state index in [0.29, 0.717) is 16.0 Å². The molecule has 2 N–H and O–H groups in total. The molecule has 0 saturated heterocycles. The average molecular weight is 315 g/mol. The Morgan fingerprint density at radius 1 is 1.35 bits per heavy atom. The molecule has 2 bridgehead atoms. The van der Waals surface area contributed by atoms with E-state index in [1.165, 1.54) is 11.3 Å². The van der Waals surface area contributed by atoms with Gasteiger partial charge in [0.05, 0.1) is 0 Å². The Morgan fingerprint density at radius 2 is 2.05 bits per heavy atom. The minimum atomic E-state index is -3.45. The van der Waals surface area contributed by atoms with Crippen LogP contribution in [0.3, 0.4) is 0 Å². The third-order valence-electron chi connectivity index (χ3n) is 5.00. The van der Waals surface area contributed by atoms with E-state index in [4.69, 9.17) is 0 Å². The predicted octanol–water partition coefficient (Wildman–Crippen LogP) is 2.05. The van der Waals surface area contributed by atoms with Gasteiger partial charge in [0.2, 0.25) is 10.0 Å². The number of aryl methyl sites for hydroxylation is 2. The first-order valence-corrected chi connectivity index (χ1v) is 9.42. The quantitative estimate of drug-likeness (QED) is 0.893. The van der Waals surface area contributed by atoms with Crippen LogP contribution in [-0.2, 0) is 10.0 Å². The van der Waals surface area contributed by atoms with Gasteiger partial charge in [0.1, 0.15) is 4.21 Å². The van der Waals surface area contributed by atoms with Crippen molar-refractivity contribution in [3.8, 4) is 0 Å². The number of hydrogen-bond donors (Lipinski definition) is 2. The molecule has 0 aliphatic heterocycles. The lowest BCUT2D eigenvalue weighted by Crippen LogP contribution is -2.44. The molecule has 2 aliphatic rings. The molecule has 1 aromatic heterocycles. The SMILES string of the molecule is Cc1cc(S(=O)(=O)N[C@@H]2[C@H]3CC[C@@H](C3)[C@@H]2CO)sc1C. The molecular formula is C14H21NO3S2. The van der Waals surface area contributed by atoms with Gasteiger partial charge in [0, 0.05) is 23.4 Å². The zero-order valence-corrected chi connectivity index (χ0v) is 13.4. The molecule has 2 saturated carbocycles. The third kappa shape index (κ3) is 2.32. The number of thiophene rings is 1. The highest BCUT2D eigenvalue weighted by Gasteiger charge is 2.48. The largest absolute Gasteiger partial charge is 0.396 e. The fourth-order valence-electron chi connectivity index (χ4n) is 3.77. The molecule has 0 unspecified atom stereocenters. The van der Waals surface area contributed by atoms with E-state index in [1.807, 2.05) is 13.8 Å². The van der Waals surface area contributed by atoms with Gasteiger partial charge in [0.25, 0.3) is 0 Å². The molecule has 0 aromatic carbocycles. The van der Waals surface area contributed by atoms with E-state index < -0.39 is 10.0 Å². The van der Waals surface area contributed by atoms with Crippen molar-refractivity contribution < 1.29 is 13.5 Å². The number of hydrogen-bond acceptors (Lipinski definition) is 4. The zero-order valence-electron chi connectivity index (χ0n) is 11.8. The van der Waals surface area contributed by atoms with Crippen LogP contribution >= 0.6 is 11.3 Å². The van der Waals surface area contributed by atoms with Gasteiger partial charge in [-0.25, -0.2) is 13.1 Å². The van der Waals surface area contributed by atoms with Crippen LogP contribution in [0.25, 0.3) is 0 Å². The molecule has 6 heteroatoms. The maximum Gasteiger partial charge on any atom is 0.250 e. The lowest BCUT2D eigenvalue weighted by molar-refractivity contribution is 0.153. The second-order valence-electron chi connectivity index (χ2n) is 6.13. The van der Waals surface area contributed by atoms with Gasteiger partial charge in [-0.05, 0) is 56.6 Å². The van der Waals surface area contributed by atoms with Crippen LogP contribution in [0.5, 0.6) is 0 Å². The molecule has 2 fully saturated rings. The van der Waals surface area contributed by atoms with Gasteiger partial charge in [-0.1, -0.05) is 0 Å². The van der Waals surface area contributed by atoms with Gasteiger partial charge in [-0.3, -0.25) is 0 Å². The van der Waals surface area contributed by atoms with Crippen molar-refractivity contribution in [1.29, 1.82) is 0 Å². The number of nitrogens with one attached hydrogen (secondary N) is 1. The standard InChI is InChI=1S/C14H21NO3S2/c1-8-5-13(19-9(8)2)20(17,18)15-14-11-4-3-10(6-11)12(14)7-16/h5,10-12,14-16H,3-4,6-7H2,1-2H3/t10-,11-,12-,14+/m0/s1. The molecular weight excluding hydrogens is 294 g/mol. The maximum absolute atomic E-state index is 12.5. The summed E-state index contributed by atoms with van der Waals surface area (Å²) in [6.45, 7) is 3.95. The minimum Gasteiger partial charge on any atom is -0.396 e. The van der Waals surface area contributed by atoms with Gasteiger partial charge in [0.15, 0.2) is 0 Å². The molecule has 1 heterocycles. The number of rotatable bonds is 4. The van der Waals surface area contributed by atoms with Crippen LogP contribution in [-0.4, -0.2) is 26.2 Å². The first kappa shape index (κ1) is 14.5. The van der Waals surface area contributed by atoms with Crippen LogP contribution in [0, 0.1) is 31.6 Å². The van der Waals surface area contributed by atoms with Crippen LogP contribution in [0.1, 0.15) is 29.7 Å². The molecule has 2 aliphatic carbocycles. The van der Waals surface area contributed by atoms with Gasteiger partial charge in [-0.2, -0.15) is 0 Å². The number of aliphatic hydroxyl groups is 1. The average Bonchev–Trinajstić information content (AvgIpc) is 3.05. The molecule has 112 valence electrons. The van der Waals surface area contributed by atoms with Crippen molar-refractivity contribution in [2.45, 2.75) is 43.4 Å². The van der Waals surface area contributed by atoms with Crippen LogP contribution in [0.15, 0.2) is 10.3 Å². The third-order valence-corrected chi connectivity index (χ3v) is 8.08. The summed E-state index contributed by atoms with van der Waals surface area (Å²) >= 11 is 1.32. The zero-order chi connectivity index (χ0) is 14.5. The van der Waals surface area contributed by atoms with E-state index in [1.54, 1.807) is 6.07 Å². The van der Waals surface area contributed by atoms with Gasteiger partial charge >= 0.3 is 0 Å². The lowest BCUT2D eigenvalue weighted by Gasteiger charge is -2.29. The Morgan fingerprint density at radius 3 is 2.65 bits per heavy atom. The smallest absolute Gasteiger partial charge is 0.250 e. The molecule has 4 atom stereocenters. The fraction of sp³-hybridized carbons (Fsp3) is 0.714. The van der Waals surface area contributed by atoms with Crippen molar-refractivity contribution >= 4 is 21.4 Å². The highest BCUT2D eigenvalue weighted by atomic mass is 32.2. The second-order valence-corrected chi connectivity index (χ2v) is 9.33. The first-order valence-electron chi connectivity index (χ1n) is 7.12. The summed E-state index contributed by atoms with van der Waals surface area (Å²) < 4.78 is 28.3. The van der Waals surface area contributed by atoms with Crippen molar-refractivity contribution in [3.63, 3.8) is 0 Å². The van der Waals surface area contributed by atoms with Crippen LogP contribution in [0.2, 0.25) is 0 Å². The number of fused-ring (bicyclic) bond motifs is 2. The number of aliphatic hydroxyl groups excluding tert-OH is 1. The van der Waals surface area contributed by atoms with Crippen molar-refractivity contribution in [3.05, 3.63) is 16.5 Å². The highest BCUT2D eigenvalue weighted by Crippen LogP contribution is 2.48. The summed E-state index contributed by atoms with van der Waals surface area (Å²) in [6.07, 6.45) is 3.27. The molecule has 1 aromatic rings. The summed E-state index contributed by atoms with van der Waals surface area (Å²) in [7, 11) is -3.45. The predicted molar refractivity (Wildman–Crippen MR) is 79.3 cm³/mol. The molecule has 20 heavy (non-hydrogen) atoms. The Kier molecular flexibility index (Phi) is 3.69. The monoisotopic (exact) mass is 315 g/mol. The van der Waals surface area contributed by atoms with E-state index in [0.717, 1.165) is 29.7 Å². The van der Waals surface area contributed by atoms with E-state index in [9.17, 15) is 13.5 Å². The van der Waals surface area contributed by atoms with Crippen molar-refractivity contribution in [2.24, 2.45) is 17.8 Å². The van der Waals surface area contributed by atoms with E-state index in [-0.39, 0.29) is 18.6 Å². The van der Waals surface area contributed by atoms with E-state index >= 15 is 0 Å². The Hall–Kier alpha value is -0.430. The topological polar surface area (TPSA) is 66.4 Å². The molecule has 0 spiro atoms. The second kappa shape index (κ2) is 5.09. The summed E-state index contributed by atoms with van der Waals surface area (Å²) in [5, 5.41) is 9.54. The summed E-state index contributed by atoms with van der Waals surface area (Å²) in [5.74, 6) is 0.976. The minimum absolute atomic E-state index is 0.0802. The molecule has 0 amide bonds. The maximum atomic E-state index is 12.5. The Labute approximate surface area is 124 Å². The van der Waals surface area contributed by atoms with E-state index in [2.05, 4.69) is 4.72 Å². The fourth-order valence-corrected chi connectivity index (χ4v) is 6.65. The van der Waals surface area contributed by atoms with Crippen molar-refractivity contribution in [2.75, 3.05) is 6.61 Å². The molecule has 0 radical (unpaired) electrons. The lowest BCUT2D eigenvalue weighted by atomic mass is 9.86. The summed E-state index contributed by atoms with van der Waals surface area (Å²) in [6, 6.07) is 1.65. The molecule has 3 rings (SSSR count). The highest BCUT2D eigenvalue weighted by molar-refractivity contribution is 7.91. The first-order chi connectivity index (χ1) is 9.42. The van der Waals surface area contributed by atoms with Gasteiger partial charge in [-0.15, -0.1) is 11.3 Å². The summed E-state index contributed by atoms with van der Waals surface area (Å²) in [5.41, 5.74) is 1.02. The van der Waals surface area contributed by atoms with Crippen LogP contribution < -0.4 is 4.72 Å². The Balaban J connectivity index is 1.83. The number of sulfonamides is 1. The molecule has 4 nitrogen and oxygen atoms in total. The normalized spacial score (nSPS) is 33.0. The summed E-state index contributed by atoms with van der Waals surface area (Å²) in [4.78, 5) is 1.04.